The van der Waals surface area contributed by atoms with E-state index in [1.165, 1.54) is 12.3 Å². The number of pyridine rings is 1. The van der Waals surface area contributed by atoms with Gasteiger partial charge in [0.2, 0.25) is 0 Å². The summed E-state index contributed by atoms with van der Waals surface area (Å²) in [6.07, 6.45) is 5.55. The van der Waals surface area contributed by atoms with Crippen LogP contribution in [-0.2, 0) is 9.53 Å². The van der Waals surface area contributed by atoms with E-state index in [-0.39, 0.29) is 17.6 Å². The van der Waals surface area contributed by atoms with E-state index < -0.39 is 5.97 Å². The predicted molar refractivity (Wildman–Crippen MR) is 78.9 cm³/mol. The van der Waals surface area contributed by atoms with Crippen LogP contribution in [0, 0.1) is 0 Å². The number of aromatic nitrogens is 1. The van der Waals surface area contributed by atoms with Gasteiger partial charge < -0.3 is 15.2 Å². The van der Waals surface area contributed by atoms with Crippen molar-refractivity contribution in [2.24, 2.45) is 0 Å². The molecule has 0 aliphatic heterocycles. The number of methoxy groups -OCH3 is 1. The van der Waals surface area contributed by atoms with Gasteiger partial charge in [-0.1, -0.05) is 19.4 Å². The van der Waals surface area contributed by atoms with E-state index in [9.17, 15) is 9.59 Å². The highest BCUT2D eigenvalue weighted by Crippen LogP contribution is 2.09. The fourth-order valence-corrected chi connectivity index (χ4v) is 1.90. The zero-order valence-corrected chi connectivity index (χ0v) is 12.2. The van der Waals surface area contributed by atoms with E-state index >= 15 is 0 Å². The molecular formula is C15H20N2O4. The van der Waals surface area contributed by atoms with Gasteiger partial charge in [-0.25, -0.2) is 4.79 Å². The first-order valence-corrected chi connectivity index (χ1v) is 6.74. The third-order valence-electron chi connectivity index (χ3n) is 2.80. The normalized spacial score (nSPS) is 12.3. The summed E-state index contributed by atoms with van der Waals surface area (Å²) in [6.45, 7) is 2.45. The van der Waals surface area contributed by atoms with Gasteiger partial charge in [-0.2, -0.15) is 0 Å². The quantitative estimate of drug-likeness (QED) is 0.712. The van der Waals surface area contributed by atoms with E-state index in [0.29, 0.717) is 12.2 Å². The Bertz CT molecular complexity index is 508. The second-order valence-corrected chi connectivity index (χ2v) is 4.53. The van der Waals surface area contributed by atoms with Crippen molar-refractivity contribution >= 4 is 18.0 Å². The summed E-state index contributed by atoms with van der Waals surface area (Å²) in [6, 6.07) is 3.20. The summed E-state index contributed by atoms with van der Waals surface area (Å²) >= 11 is 0. The average molecular weight is 292 g/mol. The molecule has 0 radical (unpaired) electrons. The lowest BCUT2D eigenvalue weighted by atomic mass is 10.1. The number of ether oxygens (including phenoxy) is 1. The number of hydrogen-bond acceptors (Lipinski definition) is 4. The lowest BCUT2D eigenvalue weighted by Gasteiger charge is -2.17. The molecule has 1 unspecified atom stereocenters. The lowest BCUT2D eigenvalue weighted by Crippen LogP contribution is -2.38. The van der Waals surface area contributed by atoms with Crippen molar-refractivity contribution in [3.63, 3.8) is 0 Å². The minimum Gasteiger partial charge on any atom is -0.478 e. The number of carbonyl (C=O) groups is 2. The van der Waals surface area contributed by atoms with Crippen LogP contribution in [-0.4, -0.2) is 41.7 Å². The molecule has 0 aliphatic carbocycles. The van der Waals surface area contributed by atoms with E-state index in [1.54, 1.807) is 19.2 Å². The van der Waals surface area contributed by atoms with Gasteiger partial charge in [-0.15, -0.1) is 0 Å². The summed E-state index contributed by atoms with van der Waals surface area (Å²) < 4.78 is 5.08. The van der Waals surface area contributed by atoms with E-state index in [0.717, 1.165) is 18.9 Å². The van der Waals surface area contributed by atoms with Gasteiger partial charge in [0, 0.05) is 24.9 Å². The Labute approximate surface area is 123 Å². The maximum absolute atomic E-state index is 12.3. The minimum absolute atomic E-state index is 0.0918. The first-order chi connectivity index (χ1) is 10.1. The van der Waals surface area contributed by atoms with Crippen LogP contribution >= 0.6 is 0 Å². The molecule has 0 spiro atoms. The minimum atomic E-state index is -1.08. The summed E-state index contributed by atoms with van der Waals surface area (Å²) in [4.78, 5) is 26.9. The van der Waals surface area contributed by atoms with Gasteiger partial charge in [0.05, 0.1) is 12.6 Å². The van der Waals surface area contributed by atoms with Gasteiger partial charge in [-0.3, -0.25) is 9.78 Å². The van der Waals surface area contributed by atoms with Crippen LogP contribution < -0.4 is 5.32 Å². The third kappa shape index (κ3) is 5.74. The Morgan fingerprint density at radius 1 is 1.52 bits per heavy atom. The van der Waals surface area contributed by atoms with Crippen molar-refractivity contribution in [3.05, 3.63) is 35.7 Å². The number of carboxylic acid groups (broad SMARTS) is 1. The Balaban J connectivity index is 2.88. The van der Waals surface area contributed by atoms with E-state index in [1.807, 2.05) is 6.92 Å². The molecule has 6 heteroatoms. The van der Waals surface area contributed by atoms with Gasteiger partial charge in [0.1, 0.15) is 5.69 Å². The van der Waals surface area contributed by atoms with E-state index in [4.69, 9.17) is 9.84 Å². The number of carboxylic acids is 1. The Hall–Kier alpha value is -2.21. The van der Waals surface area contributed by atoms with Crippen LogP contribution in [0.2, 0.25) is 0 Å². The number of rotatable bonds is 8. The van der Waals surface area contributed by atoms with Crippen molar-refractivity contribution in [3.8, 4) is 0 Å². The molecular weight excluding hydrogens is 272 g/mol. The highest BCUT2D eigenvalue weighted by Gasteiger charge is 2.16. The first kappa shape index (κ1) is 16.8. The molecule has 1 amide bonds. The molecule has 0 saturated carbocycles. The predicted octanol–water partition coefficient (Wildman–Crippen LogP) is 1.72. The van der Waals surface area contributed by atoms with Crippen LogP contribution in [0.5, 0.6) is 0 Å². The average Bonchev–Trinajstić information content (AvgIpc) is 2.46. The van der Waals surface area contributed by atoms with Gasteiger partial charge in [0.15, 0.2) is 0 Å². The van der Waals surface area contributed by atoms with Crippen LogP contribution in [0.25, 0.3) is 6.08 Å². The molecule has 6 nitrogen and oxygen atoms in total. The number of amides is 1. The highest BCUT2D eigenvalue weighted by atomic mass is 16.5. The zero-order chi connectivity index (χ0) is 15.7. The Morgan fingerprint density at radius 2 is 2.29 bits per heavy atom. The second kappa shape index (κ2) is 8.86. The largest absolute Gasteiger partial charge is 0.478 e. The fraction of sp³-hybridized carbons (Fsp3) is 0.400. The van der Waals surface area contributed by atoms with Crippen LogP contribution in [0.4, 0.5) is 0 Å². The molecule has 0 aromatic carbocycles. The Morgan fingerprint density at radius 3 is 2.90 bits per heavy atom. The number of nitrogens with one attached hydrogen (secondary N) is 1. The number of nitrogens with zero attached hydrogens (tertiary/aromatic N) is 1. The molecule has 0 fully saturated rings. The van der Waals surface area contributed by atoms with Crippen LogP contribution in [0.1, 0.15) is 35.8 Å². The summed E-state index contributed by atoms with van der Waals surface area (Å²) in [7, 11) is 1.58. The highest BCUT2D eigenvalue weighted by molar-refractivity contribution is 5.97. The number of hydrogen-bond donors (Lipinski definition) is 2. The monoisotopic (exact) mass is 292 g/mol. The zero-order valence-electron chi connectivity index (χ0n) is 12.2. The van der Waals surface area contributed by atoms with Gasteiger partial charge in [0.25, 0.3) is 5.91 Å². The smallest absolute Gasteiger partial charge is 0.328 e. The molecule has 0 saturated heterocycles. The molecule has 1 heterocycles. The number of carbonyl (C=O) groups excluding carboxylic acids is 1. The molecule has 0 bridgehead atoms. The van der Waals surface area contributed by atoms with Crippen LogP contribution in [0.15, 0.2) is 24.4 Å². The summed E-state index contributed by atoms with van der Waals surface area (Å²) in [5.41, 5.74) is 0.664. The second-order valence-electron chi connectivity index (χ2n) is 4.53. The molecule has 114 valence electrons. The third-order valence-corrected chi connectivity index (χ3v) is 2.80. The Kier molecular flexibility index (Phi) is 7.11. The summed E-state index contributed by atoms with van der Waals surface area (Å²) in [5, 5.41) is 11.5. The van der Waals surface area contributed by atoms with E-state index in [2.05, 4.69) is 10.3 Å². The molecule has 1 rings (SSSR count). The fourth-order valence-electron chi connectivity index (χ4n) is 1.90. The summed E-state index contributed by atoms with van der Waals surface area (Å²) in [5.74, 6) is -1.41. The van der Waals surface area contributed by atoms with Crippen molar-refractivity contribution in [2.75, 3.05) is 13.7 Å². The molecule has 1 atom stereocenters. The SMILES string of the molecule is CCCC(COC)NC(=O)c1ncccc1/C=C/C(=O)O. The van der Waals surface area contributed by atoms with Crippen molar-refractivity contribution < 1.29 is 19.4 Å². The molecule has 21 heavy (non-hydrogen) atoms. The maximum atomic E-state index is 12.3. The molecule has 2 N–H and O–H groups in total. The van der Waals surface area contributed by atoms with Crippen molar-refractivity contribution in [2.45, 2.75) is 25.8 Å². The first-order valence-electron chi connectivity index (χ1n) is 6.74. The van der Waals surface area contributed by atoms with Gasteiger partial charge in [-0.05, 0) is 18.6 Å². The maximum Gasteiger partial charge on any atom is 0.328 e. The van der Waals surface area contributed by atoms with Gasteiger partial charge >= 0.3 is 5.97 Å². The molecule has 0 aliphatic rings. The van der Waals surface area contributed by atoms with Crippen molar-refractivity contribution in [1.29, 1.82) is 0 Å². The standard InChI is InChI=1S/C15H20N2O4/c1-3-5-12(10-21-2)17-15(20)14-11(6-4-9-16-14)7-8-13(18)19/h4,6-9,12H,3,5,10H2,1-2H3,(H,17,20)(H,18,19)/b8-7+. The topological polar surface area (TPSA) is 88.5 Å². The molecule has 1 aromatic rings. The lowest BCUT2D eigenvalue weighted by molar-refractivity contribution is -0.131. The molecule has 1 aromatic heterocycles. The number of aliphatic carboxylic acids is 1. The van der Waals surface area contributed by atoms with Crippen molar-refractivity contribution in [1.82, 2.24) is 10.3 Å². The van der Waals surface area contributed by atoms with Crippen LogP contribution in [0.3, 0.4) is 0 Å².